The number of hydrogen-bond acceptors (Lipinski definition) is 4. The Kier molecular flexibility index (Phi) is 4.90. The predicted molar refractivity (Wildman–Crippen MR) is 74.1 cm³/mol. The Morgan fingerprint density at radius 1 is 1.37 bits per heavy atom. The molecule has 3 N–H and O–H groups in total. The van der Waals surface area contributed by atoms with Crippen molar-refractivity contribution in [3.8, 4) is 0 Å². The fraction of sp³-hybridized carbons (Fsp3) is 0.417. The minimum atomic E-state index is -3.62. The van der Waals surface area contributed by atoms with Gasteiger partial charge < -0.3 is 10.6 Å². The van der Waals surface area contributed by atoms with Gasteiger partial charge in [-0.3, -0.25) is 4.79 Å². The number of sulfonamides is 1. The minimum Gasteiger partial charge on any atom is -0.398 e. The van der Waals surface area contributed by atoms with Crippen molar-refractivity contribution in [2.24, 2.45) is 0 Å². The van der Waals surface area contributed by atoms with Crippen molar-refractivity contribution < 1.29 is 13.2 Å². The molecule has 1 amide bonds. The van der Waals surface area contributed by atoms with Crippen LogP contribution in [0.15, 0.2) is 23.1 Å². The third kappa shape index (κ3) is 4.22. The lowest BCUT2D eigenvalue weighted by Crippen LogP contribution is -2.30. The van der Waals surface area contributed by atoms with Crippen LogP contribution in [0.1, 0.15) is 12.0 Å². The van der Waals surface area contributed by atoms with Crippen molar-refractivity contribution in [3.05, 3.63) is 23.8 Å². The summed E-state index contributed by atoms with van der Waals surface area (Å²) in [6.45, 7) is 1.86. The van der Waals surface area contributed by atoms with Gasteiger partial charge >= 0.3 is 0 Å². The number of hydrogen-bond donors (Lipinski definition) is 2. The topological polar surface area (TPSA) is 92.5 Å². The number of nitrogens with two attached hydrogens (primary N) is 1. The van der Waals surface area contributed by atoms with Gasteiger partial charge in [0.15, 0.2) is 0 Å². The third-order valence-corrected chi connectivity index (χ3v) is 4.15. The first-order valence-electron chi connectivity index (χ1n) is 5.80. The van der Waals surface area contributed by atoms with Gasteiger partial charge in [-0.25, -0.2) is 13.1 Å². The number of nitrogens with one attached hydrogen (secondary N) is 1. The Balaban J connectivity index is 2.71. The largest absolute Gasteiger partial charge is 0.398 e. The van der Waals surface area contributed by atoms with E-state index < -0.39 is 10.0 Å². The number of benzene rings is 1. The Morgan fingerprint density at radius 2 is 2.00 bits per heavy atom. The molecule has 1 aromatic rings. The number of carbonyl (C=O) groups excluding carboxylic acids is 1. The molecule has 19 heavy (non-hydrogen) atoms. The van der Waals surface area contributed by atoms with Gasteiger partial charge in [0, 0.05) is 32.7 Å². The van der Waals surface area contributed by atoms with Gasteiger partial charge in [0.25, 0.3) is 0 Å². The fourth-order valence-electron chi connectivity index (χ4n) is 1.38. The quantitative estimate of drug-likeness (QED) is 0.763. The number of nitrogen functional groups attached to an aromatic ring is 1. The second-order valence-corrected chi connectivity index (χ2v) is 6.22. The maximum atomic E-state index is 12.0. The van der Waals surface area contributed by atoms with Crippen LogP contribution in [0.4, 0.5) is 5.69 Å². The average molecular weight is 285 g/mol. The summed E-state index contributed by atoms with van der Waals surface area (Å²) in [7, 11) is -0.377. The molecule has 1 rings (SSSR count). The molecule has 1 aromatic carbocycles. The summed E-state index contributed by atoms with van der Waals surface area (Å²) in [6.07, 6.45) is 0.119. The van der Waals surface area contributed by atoms with Crippen LogP contribution >= 0.6 is 0 Å². The van der Waals surface area contributed by atoms with E-state index in [9.17, 15) is 13.2 Å². The van der Waals surface area contributed by atoms with Gasteiger partial charge in [-0.1, -0.05) is 6.07 Å². The zero-order chi connectivity index (χ0) is 14.6. The summed E-state index contributed by atoms with van der Waals surface area (Å²) in [5.74, 6) is -0.133. The van der Waals surface area contributed by atoms with Crippen LogP contribution in [-0.2, 0) is 14.8 Å². The zero-order valence-electron chi connectivity index (χ0n) is 11.3. The molecule has 106 valence electrons. The van der Waals surface area contributed by atoms with Crippen LogP contribution in [0.2, 0.25) is 0 Å². The number of nitrogens with zero attached hydrogens (tertiary/aromatic N) is 1. The molecule has 6 nitrogen and oxygen atoms in total. The van der Waals surface area contributed by atoms with Gasteiger partial charge in [-0.2, -0.15) is 0 Å². The second kappa shape index (κ2) is 6.03. The molecule has 0 heterocycles. The lowest BCUT2D eigenvalue weighted by Gasteiger charge is -2.11. The zero-order valence-corrected chi connectivity index (χ0v) is 12.1. The predicted octanol–water partition coefficient (Wildman–Crippen LogP) is 0.334. The van der Waals surface area contributed by atoms with Crippen LogP contribution < -0.4 is 10.5 Å². The molecular weight excluding hydrogens is 266 g/mol. The van der Waals surface area contributed by atoms with Gasteiger partial charge in [0.1, 0.15) is 0 Å². The summed E-state index contributed by atoms with van der Waals surface area (Å²) in [5, 5.41) is 0. The highest BCUT2D eigenvalue weighted by Crippen LogP contribution is 2.16. The normalized spacial score (nSPS) is 11.3. The molecule has 0 unspecified atom stereocenters. The van der Waals surface area contributed by atoms with Crippen molar-refractivity contribution in [3.63, 3.8) is 0 Å². The average Bonchev–Trinajstić information content (AvgIpc) is 2.32. The van der Waals surface area contributed by atoms with Crippen molar-refractivity contribution in [1.29, 1.82) is 0 Å². The number of rotatable bonds is 5. The van der Waals surface area contributed by atoms with E-state index in [0.29, 0.717) is 5.69 Å². The molecule has 0 saturated carbocycles. The Labute approximate surface area is 113 Å². The Bertz CT molecular complexity index is 568. The Hall–Kier alpha value is -1.60. The smallest absolute Gasteiger partial charge is 0.240 e. The summed E-state index contributed by atoms with van der Waals surface area (Å²) in [6, 6.07) is 4.54. The van der Waals surface area contributed by atoms with Gasteiger partial charge in [-0.15, -0.1) is 0 Å². The molecule has 0 aliphatic carbocycles. The fourth-order valence-corrected chi connectivity index (χ4v) is 2.45. The summed E-state index contributed by atoms with van der Waals surface area (Å²) in [5.41, 5.74) is 6.93. The van der Waals surface area contributed by atoms with E-state index in [2.05, 4.69) is 4.72 Å². The van der Waals surface area contributed by atoms with Gasteiger partial charge in [0.2, 0.25) is 15.9 Å². The van der Waals surface area contributed by atoms with Crippen molar-refractivity contribution in [2.75, 3.05) is 26.4 Å². The number of aryl methyl sites for hydroxylation is 1. The van der Waals surface area contributed by atoms with Crippen LogP contribution in [0.3, 0.4) is 0 Å². The molecule has 0 aliphatic rings. The highest BCUT2D eigenvalue weighted by molar-refractivity contribution is 7.89. The molecule has 0 aromatic heterocycles. The monoisotopic (exact) mass is 285 g/mol. The first-order valence-corrected chi connectivity index (χ1v) is 7.28. The lowest BCUT2D eigenvalue weighted by molar-refractivity contribution is -0.128. The Morgan fingerprint density at radius 3 is 2.53 bits per heavy atom. The first kappa shape index (κ1) is 15.5. The van der Waals surface area contributed by atoms with Crippen LogP contribution in [-0.4, -0.2) is 39.9 Å². The van der Waals surface area contributed by atoms with Crippen LogP contribution in [0.5, 0.6) is 0 Å². The second-order valence-electron chi connectivity index (χ2n) is 4.45. The SMILES string of the molecule is Cc1ccc(S(=O)(=O)NCCC(=O)N(C)C)cc1N. The van der Waals surface area contributed by atoms with Crippen LogP contribution in [0.25, 0.3) is 0 Å². The summed E-state index contributed by atoms with van der Waals surface area (Å²) in [4.78, 5) is 12.9. The lowest BCUT2D eigenvalue weighted by atomic mass is 10.2. The molecule has 7 heteroatoms. The van der Waals surface area contributed by atoms with Crippen LogP contribution in [0, 0.1) is 6.92 Å². The molecule has 0 spiro atoms. The molecule has 0 aliphatic heterocycles. The van der Waals surface area contributed by atoms with E-state index in [1.165, 1.54) is 17.0 Å². The van der Waals surface area contributed by atoms with E-state index in [1.807, 2.05) is 0 Å². The maximum absolute atomic E-state index is 12.0. The van der Waals surface area contributed by atoms with Gasteiger partial charge in [-0.05, 0) is 24.6 Å². The molecule has 0 saturated heterocycles. The number of anilines is 1. The molecular formula is C12H19N3O3S. The van der Waals surface area contributed by atoms with E-state index >= 15 is 0 Å². The van der Waals surface area contributed by atoms with E-state index in [4.69, 9.17) is 5.73 Å². The van der Waals surface area contributed by atoms with Crippen molar-refractivity contribution in [2.45, 2.75) is 18.2 Å². The number of carbonyl (C=O) groups is 1. The van der Waals surface area contributed by atoms with E-state index in [0.717, 1.165) is 5.56 Å². The standard InChI is InChI=1S/C12H19N3O3S/c1-9-4-5-10(8-11(9)13)19(17,18)14-7-6-12(16)15(2)3/h4-5,8,14H,6-7,13H2,1-3H3. The van der Waals surface area contributed by atoms with Crippen molar-refractivity contribution in [1.82, 2.24) is 9.62 Å². The molecule has 0 fully saturated rings. The number of amides is 1. The van der Waals surface area contributed by atoms with E-state index in [-0.39, 0.29) is 23.8 Å². The highest BCUT2D eigenvalue weighted by Gasteiger charge is 2.15. The molecule has 0 bridgehead atoms. The van der Waals surface area contributed by atoms with Crippen molar-refractivity contribution >= 4 is 21.6 Å². The first-order chi connectivity index (χ1) is 8.74. The highest BCUT2D eigenvalue weighted by atomic mass is 32.2. The maximum Gasteiger partial charge on any atom is 0.240 e. The summed E-state index contributed by atoms with van der Waals surface area (Å²) >= 11 is 0. The summed E-state index contributed by atoms with van der Waals surface area (Å²) < 4.78 is 26.3. The molecule has 0 radical (unpaired) electrons. The van der Waals surface area contributed by atoms with Gasteiger partial charge in [0.05, 0.1) is 4.90 Å². The third-order valence-electron chi connectivity index (χ3n) is 2.69. The van der Waals surface area contributed by atoms with E-state index in [1.54, 1.807) is 27.1 Å². The minimum absolute atomic E-state index is 0.0626. The molecule has 0 atom stereocenters.